The number of carboxylic acids is 1. The Bertz CT molecular complexity index is 461. The predicted molar refractivity (Wildman–Crippen MR) is 74.8 cm³/mol. The van der Waals surface area contributed by atoms with E-state index >= 15 is 0 Å². The van der Waals surface area contributed by atoms with Gasteiger partial charge in [0.1, 0.15) is 11.9 Å². The molecule has 2 atom stereocenters. The molecule has 1 fully saturated rings. The van der Waals surface area contributed by atoms with Crippen molar-refractivity contribution >= 4 is 21.9 Å². The van der Waals surface area contributed by atoms with Gasteiger partial charge in [-0.2, -0.15) is 0 Å². The van der Waals surface area contributed by atoms with Crippen molar-refractivity contribution in [2.45, 2.75) is 37.9 Å². The molecule has 0 saturated heterocycles. The summed E-state index contributed by atoms with van der Waals surface area (Å²) in [6.45, 7) is 0. The molecule has 0 amide bonds. The molecule has 0 aliphatic heterocycles. The Balaban J connectivity index is 2.04. The van der Waals surface area contributed by atoms with Gasteiger partial charge < -0.3 is 14.6 Å². The number of benzene rings is 1. The summed E-state index contributed by atoms with van der Waals surface area (Å²) in [6, 6.07) is 4.82. The highest BCUT2D eigenvalue weighted by atomic mass is 79.9. The van der Waals surface area contributed by atoms with E-state index < -0.39 is 5.97 Å². The van der Waals surface area contributed by atoms with Crippen LogP contribution >= 0.6 is 15.9 Å². The fraction of sp³-hybridized carbons (Fsp3) is 0.500. The van der Waals surface area contributed by atoms with Crippen LogP contribution in [0.15, 0.2) is 22.7 Å². The molecule has 1 N–H and O–H groups in total. The second-order valence-electron chi connectivity index (χ2n) is 4.71. The first-order valence-corrected chi connectivity index (χ1v) is 7.11. The maximum absolute atomic E-state index is 10.9. The second-order valence-corrected chi connectivity index (χ2v) is 5.57. The Labute approximate surface area is 120 Å². The molecule has 4 nitrogen and oxygen atoms in total. The van der Waals surface area contributed by atoms with Gasteiger partial charge in [0.15, 0.2) is 0 Å². The van der Waals surface area contributed by atoms with Crippen LogP contribution < -0.4 is 4.74 Å². The fourth-order valence-electron chi connectivity index (χ4n) is 2.33. The Morgan fingerprint density at radius 2 is 2.11 bits per heavy atom. The Morgan fingerprint density at radius 3 is 2.74 bits per heavy atom. The molecule has 2 unspecified atom stereocenters. The molecule has 1 aliphatic carbocycles. The van der Waals surface area contributed by atoms with Crippen molar-refractivity contribution < 1.29 is 19.4 Å². The molecule has 104 valence electrons. The monoisotopic (exact) mass is 328 g/mol. The number of methoxy groups -OCH3 is 1. The van der Waals surface area contributed by atoms with Crippen molar-refractivity contribution in [3.05, 3.63) is 28.2 Å². The highest BCUT2D eigenvalue weighted by Crippen LogP contribution is 2.30. The van der Waals surface area contributed by atoms with E-state index in [1.807, 2.05) is 0 Å². The minimum atomic E-state index is -0.940. The summed E-state index contributed by atoms with van der Waals surface area (Å²) in [5.74, 6) is -0.254. The van der Waals surface area contributed by atoms with E-state index in [1.54, 1.807) is 25.3 Å². The van der Waals surface area contributed by atoms with Crippen molar-refractivity contribution in [2.75, 3.05) is 7.11 Å². The molecule has 0 radical (unpaired) electrons. The number of aromatic carboxylic acids is 1. The van der Waals surface area contributed by atoms with Gasteiger partial charge in [-0.05, 0) is 53.4 Å². The first-order chi connectivity index (χ1) is 9.10. The van der Waals surface area contributed by atoms with Gasteiger partial charge in [0.25, 0.3) is 0 Å². The minimum Gasteiger partial charge on any atom is -0.489 e. The van der Waals surface area contributed by atoms with E-state index in [1.165, 1.54) is 0 Å². The zero-order valence-electron chi connectivity index (χ0n) is 10.8. The molecule has 5 heteroatoms. The second kappa shape index (κ2) is 6.39. The van der Waals surface area contributed by atoms with E-state index in [0.717, 1.165) is 25.7 Å². The highest BCUT2D eigenvalue weighted by Gasteiger charge is 2.23. The summed E-state index contributed by atoms with van der Waals surface area (Å²) in [6.07, 6.45) is 4.45. The Hall–Kier alpha value is -1.07. The lowest BCUT2D eigenvalue weighted by Crippen LogP contribution is -2.29. The van der Waals surface area contributed by atoms with Crippen LogP contribution in [0.2, 0.25) is 0 Å². The topological polar surface area (TPSA) is 55.8 Å². The van der Waals surface area contributed by atoms with Crippen LogP contribution in [0.4, 0.5) is 0 Å². The Morgan fingerprint density at radius 1 is 1.37 bits per heavy atom. The lowest BCUT2D eigenvalue weighted by molar-refractivity contribution is 0.0207. The van der Waals surface area contributed by atoms with Crippen LogP contribution in [-0.4, -0.2) is 30.4 Å². The normalized spacial score (nSPS) is 23.1. The molecule has 0 heterocycles. The molecular formula is C14H17BrO4. The highest BCUT2D eigenvalue weighted by molar-refractivity contribution is 9.10. The number of halogens is 1. The van der Waals surface area contributed by atoms with Crippen molar-refractivity contribution in [3.63, 3.8) is 0 Å². The molecule has 1 saturated carbocycles. The molecule has 0 spiro atoms. The van der Waals surface area contributed by atoms with Crippen molar-refractivity contribution in [2.24, 2.45) is 0 Å². The summed E-state index contributed by atoms with van der Waals surface area (Å²) < 4.78 is 12.0. The van der Waals surface area contributed by atoms with Crippen LogP contribution in [0.25, 0.3) is 0 Å². The largest absolute Gasteiger partial charge is 0.489 e. The van der Waals surface area contributed by atoms with Gasteiger partial charge in [0.05, 0.1) is 16.1 Å². The van der Waals surface area contributed by atoms with Gasteiger partial charge in [-0.1, -0.05) is 0 Å². The molecule has 0 bridgehead atoms. The smallest absolute Gasteiger partial charge is 0.335 e. The van der Waals surface area contributed by atoms with Crippen molar-refractivity contribution in [1.82, 2.24) is 0 Å². The van der Waals surface area contributed by atoms with Gasteiger partial charge >= 0.3 is 5.97 Å². The molecule has 1 aliphatic rings. The standard InChI is InChI=1S/C14H17BrO4/c1-18-10-3-2-4-11(8-10)19-13-6-5-9(14(16)17)7-12(13)15/h5-7,10-11H,2-4,8H2,1H3,(H,16,17). The minimum absolute atomic E-state index is 0.130. The average molecular weight is 329 g/mol. The predicted octanol–water partition coefficient (Wildman–Crippen LogP) is 3.48. The van der Waals surface area contributed by atoms with Crippen LogP contribution in [0, 0.1) is 0 Å². The van der Waals surface area contributed by atoms with E-state index in [0.29, 0.717) is 10.2 Å². The third-order valence-electron chi connectivity index (χ3n) is 3.38. The molecule has 2 rings (SSSR count). The van der Waals surface area contributed by atoms with Crippen molar-refractivity contribution in [1.29, 1.82) is 0 Å². The number of carbonyl (C=O) groups is 1. The number of ether oxygens (including phenoxy) is 2. The van der Waals surface area contributed by atoms with Crippen LogP contribution in [-0.2, 0) is 4.74 Å². The molecule has 1 aromatic carbocycles. The number of hydrogen-bond donors (Lipinski definition) is 1. The molecule has 0 aromatic heterocycles. The van der Waals surface area contributed by atoms with Gasteiger partial charge in [-0.25, -0.2) is 4.79 Å². The molecule has 19 heavy (non-hydrogen) atoms. The quantitative estimate of drug-likeness (QED) is 0.919. The first kappa shape index (κ1) is 14.3. The molecule has 1 aromatic rings. The zero-order valence-corrected chi connectivity index (χ0v) is 12.4. The fourth-order valence-corrected chi connectivity index (χ4v) is 2.80. The maximum Gasteiger partial charge on any atom is 0.335 e. The summed E-state index contributed by atoms with van der Waals surface area (Å²) in [4.78, 5) is 10.9. The number of rotatable bonds is 4. The average Bonchev–Trinajstić information content (AvgIpc) is 2.41. The lowest BCUT2D eigenvalue weighted by Gasteiger charge is -2.29. The van der Waals surface area contributed by atoms with Gasteiger partial charge in [-0.3, -0.25) is 0 Å². The van der Waals surface area contributed by atoms with Crippen molar-refractivity contribution in [3.8, 4) is 5.75 Å². The summed E-state index contributed by atoms with van der Waals surface area (Å²) in [7, 11) is 1.73. The lowest BCUT2D eigenvalue weighted by atomic mass is 9.95. The third kappa shape index (κ3) is 3.70. The first-order valence-electron chi connectivity index (χ1n) is 6.32. The van der Waals surface area contributed by atoms with Gasteiger partial charge in [-0.15, -0.1) is 0 Å². The number of carboxylic acid groups (broad SMARTS) is 1. The summed E-state index contributed by atoms with van der Waals surface area (Å²) >= 11 is 3.35. The molecular weight excluding hydrogens is 312 g/mol. The number of hydrogen-bond acceptors (Lipinski definition) is 3. The maximum atomic E-state index is 10.9. The van der Waals surface area contributed by atoms with E-state index in [4.69, 9.17) is 14.6 Å². The SMILES string of the molecule is COC1CCCC(Oc2ccc(C(=O)O)cc2Br)C1. The zero-order chi connectivity index (χ0) is 13.8. The summed E-state index contributed by atoms with van der Waals surface area (Å²) in [5, 5.41) is 8.91. The Kier molecular flexibility index (Phi) is 4.82. The van der Waals surface area contributed by atoms with E-state index in [-0.39, 0.29) is 17.8 Å². The van der Waals surface area contributed by atoms with Gasteiger partial charge in [0, 0.05) is 13.5 Å². The van der Waals surface area contributed by atoms with E-state index in [9.17, 15) is 4.79 Å². The van der Waals surface area contributed by atoms with Crippen LogP contribution in [0.3, 0.4) is 0 Å². The summed E-state index contributed by atoms with van der Waals surface area (Å²) in [5.41, 5.74) is 0.248. The van der Waals surface area contributed by atoms with Crippen LogP contribution in [0.5, 0.6) is 5.75 Å². The van der Waals surface area contributed by atoms with E-state index in [2.05, 4.69) is 15.9 Å². The third-order valence-corrected chi connectivity index (χ3v) is 4.00. The van der Waals surface area contributed by atoms with Crippen LogP contribution in [0.1, 0.15) is 36.0 Å². The van der Waals surface area contributed by atoms with Gasteiger partial charge in [0.2, 0.25) is 0 Å².